The first-order valence-corrected chi connectivity index (χ1v) is 8.35. The molecule has 1 fully saturated rings. The van der Waals surface area contributed by atoms with Crippen LogP contribution >= 0.6 is 0 Å². The van der Waals surface area contributed by atoms with Crippen molar-refractivity contribution < 1.29 is 0 Å². The lowest BCUT2D eigenvalue weighted by Gasteiger charge is -2.40. The number of hydrogen-bond donors (Lipinski definition) is 1. The molecule has 20 heavy (non-hydrogen) atoms. The highest BCUT2D eigenvalue weighted by atomic mass is 14.6. The molecule has 0 saturated heterocycles. The van der Waals surface area contributed by atoms with Crippen LogP contribution < -0.4 is 5.73 Å². The molecule has 0 amide bonds. The maximum atomic E-state index is 6.19. The van der Waals surface area contributed by atoms with Crippen molar-refractivity contribution in [1.82, 2.24) is 0 Å². The summed E-state index contributed by atoms with van der Waals surface area (Å²) in [6.45, 7) is 7.58. The zero-order valence-corrected chi connectivity index (χ0v) is 13.5. The molecule has 0 atom stereocenters. The van der Waals surface area contributed by atoms with E-state index < -0.39 is 0 Å². The van der Waals surface area contributed by atoms with E-state index in [1.165, 1.54) is 61.6 Å². The molecule has 112 valence electrons. The summed E-state index contributed by atoms with van der Waals surface area (Å²) in [6.07, 6.45) is 9.33. The van der Waals surface area contributed by atoms with Gasteiger partial charge in [0.25, 0.3) is 0 Å². The first kappa shape index (κ1) is 15.6. The van der Waals surface area contributed by atoms with E-state index in [1.807, 2.05) is 0 Å². The quantitative estimate of drug-likeness (QED) is 0.820. The molecule has 1 aromatic carbocycles. The van der Waals surface area contributed by atoms with Gasteiger partial charge in [-0.05, 0) is 75.0 Å². The summed E-state index contributed by atoms with van der Waals surface area (Å²) in [4.78, 5) is 0. The molecule has 0 radical (unpaired) electrons. The van der Waals surface area contributed by atoms with Crippen LogP contribution in [-0.4, -0.2) is 6.54 Å². The van der Waals surface area contributed by atoms with Crippen LogP contribution in [0.1, 0.15) is 62.1 Å². The average Bonchev–Trinajstić information content (AvgIpc) is 2.45. The third kappa shape index (κ3) is 3.63. The van der Waals surface area contributed by atoms with Crippen molar-refractivity contribution in [2.45, 2.75) is 65.7 Å². The Kier molecular flexibility index (Phi) is 5.26. The van der Waals surface area contributed by atoms with Crippen molar-refractivity contribution >= 4 is 0 Å². The smallest absolute Gasteiger partial charge is 0.00173 e. The molecule has 1 nitrogen and oxygen atoms in total. The topological polar surface area (TPSA) is 26.0 Å². The van der Waals surface area contributed by atoms with E-state index >= 15 is 0 Å². The van der Waals surface area contributed by atoms with Crippen molar-refractivity contribution in [1.29, 1.82) is 0 Å². The second-order valence-corrected chi connectivity index (χ2v) is 7.04. The second-order valence-electron chi connectivity index (χ2n) is 7.04. The summed E-state index contributed by atoms with van der Waals surface area (Å²) >= 11 is 0. The van der Waals surface area contributed by atoms with Gasteiger partial charge < -0.3 is 5.73 Å². The summed E-state index contributed by atoms with van der Waals surface area (Å²) in [5.41, 5.74) is 10.9. The van der Waals surface area contributed by atoms with Crippen LogP contribution in [0.5, 0.6) is 0 Å². The van der Waals surface area contributed by atoms with Crippen LogP contribution in [0.25, 0.3) is 0 Å². The fourth-order valence-electron chi connectivity index (χ4n) is 3.83. The lowest BCUT2D eigenvalue weighted by Crippen LogP contribution is -2.37. The van der Waals surface area contributed by atoms with Gasteiger partial charge in [-0.25, -0.2) is 0 Å². The third-order valence-electron chi connectivity index (χ3n) is 5.37. The average molecular weight is 273 g/mol. The standard InChI is InChI=1S/C19H31N/c1-4-5-17-8-10-19(14-20,11-9-17)13-18-12-15(2)6-7-16(18)3/h6-7,12,17H,4-5,8-11,13-14,20H2,1-3H3. The number of aryl methyl sites for hydroxylation is 2. The maximum absolute atomic E-state index is 6.19. The maximum Gasteiger partial charge on any atom is -0.00173 e. The molecule has 0 heterocycles. The predicted molar refractivity (Wildman–Crippen MR) is 88.0 cm³/mol. The molecule has 2 N–H and O–H groups in total. The van der Waals surface area contributed by atoms with Crippen molar-refractivity contribution in [2.24, 2.45) is 17.1 Å². The molecular formula is C19H31N. The Morgan fingerprint density at radius 3 is 2.50 bits per heavy atom. The Hall–Kier alpha value is -0.820. The minimum Gasteiger partial charge on any atom is -0.330 e. The summed E-state index contributed by atoms with van der Waals surface area (Å²) in [6, 6.07) is 6.84. The minimum absolute atomic E-state index is 0.364. The molecule has 0 aliphatic heterocycles. The van der Waals surface area contributed by atoms with Gasteiger partial charge in [0.05, 0.1) is 0 Å². The first-order chi connectivity index (χ1) is 9.58. The highest BCUT2D eigenvalue weighted by Gasteiger charge is 2.34. The van der Waals surface area contributed by atoms with Gasteiger partial charge >= 0.3 is 0 Å². The molecule has 0 aromatic heterocycles. The third-order valence-corrected chi connectivity index (χ3v) is 5.37. The summed E-state index contributed by atoms with van der Waals surface area (Å²) in [5, 5.41) is 0. The van der Waals surface area contributed by atoms with Gasteiger partial charge in [0.1, 0.15) is 0 Å². The first-order valence-electron chi connectivity index (χ1n) is 8.35. The Balaban J connectivity index is 2.07. The Morgan fingerprint density at radius 1 is 1.20 bits per heavy atom. The van der Waals surface area contributed by atoms with Crippen LogP contribution in [-0.2, 0) is 6.42 Å². The highest BCUT2D eigenvalue weighted by Crippen LogP contribution is 2.42. The Bertz CT molecular complexity index is 427. The van der Waals surface area contributed by atoms with Gasteiger partial charge in [0.15, 0.2) is 0 Å². The van der Waals surface area contributed by atoms with Gasteiger partial charge in [-0.2, -0.15) is 0 Å². The molecule has 0 bridgehead atoms. The van der Waals surface area contributed by atoms with Crippen LogP contribution in [0.3, 0.4) is 0 Å². The van der Waals surface area contributed by atoms with Crippen LogP contribution in [0.2, 0.25) is 0 Å². The van der Waals surface area contributed by atoms with Gasteiger partial charge in [-0.1, -0.05) is 43.5 Å². The van der Waals surface area contributed by atoms with E-state index in [2.05, 4.69) is 39.0 Å². The Labute approximate surface area is 125 Å². The monoisotopic (exact) mass is 273 g/mol. The molecule has 0 unspecified atom stereocenters. The predicted octanol–water partition coefficient (Wildman–Crippen LogP) is 4.78. The lowest BCUT2D eigenvalue weighted by molar-refractivity contribution is 0.150. The van der Waals surface area contributed by atoms with Crippen molar-refractivity contribution in [3.63, 3.8) is 0 Å². The Morgan fingerprint density at radius 2 is 1.90 bits per heavy atom. The summed E-state index contributed by atoms with van der Waals surface area (Å²) in [7, 11) is 0. The van der Waals surface area contributed by atoms with Gasteiger partial charge in [-0.3, -0.25) is 0 Å². The molecule has 1 saturated carbocycles. The molecule has 2 rings (SSSR count). The fourth-order valence-corrected chi connectivity index (χ4v) is 3.83. The van der Waals surface area contributed by atoms with E-state index in [-0.39, 0.29) is 0 Å². The fraction of sp³-hybridized carbons (Fsp3) is 0.684. The molecular weight excluding hydrogens is 242 g/mol. The minimum atomic E-state index is 0.364. The van der Waals surface area contributed by atoms with Crippen LogP contribution in [0, 0.1) is 25.2 Å². The highest BCUT2D eigenvalue weighted by molar-refractivity contribution is 5.31. The molecule has 1 aliphatic rings. The SMILES string of the molecule is CCCC1CCC(CN)(Cc2cc(C)ccc2C)CC1. The number of nitrogens with two attached hydrogens (primary N) is 1. The van der Waals surface area contributed by atoms with Gasteiger partial charge in [0, 0.05) is 0 Å². The molecule has 0 spiro atoms. The van der Waals surface area contributed by atoms with Gasteiger partial charge in [-0.15, -0.1) is 0 Å². The zero-order chi connectivity index (χ0) is 14.6. The van der Waals surface area contributed by atoms with Gasteiger partial charge in [0.2, 0.25) is 0 Å². The van der Waals surface area contributed by atoms with E-state index in [0.29, 0.717) is 5.41 Å². The second kappa shape index (κ2) is 6.76. The summed E-state index contributed by atoms with van der Waals surface area (Å²) < 4.78 is 0. The largest absolute Gasteiger partial charge is 0.330 e. The normalized spacial score (nSPS) is 26.7. The van der Waals surface area contributed by atoms with E-state index in [4.69, 9.17) is 5.73 Å². The molecule has 1 heteroatoms. The lowest BCUT2D eigenvalue weighted by atomic mass is 9.66. The number of rotatable bonds is 5. The number of benzene rings is 1. The van der Waals surface area contributed by atoms with Crippen molar-refractivity contribution in [3.05, 3.63) is 34.9 Å². The molecule has 1 aliphatic carbocycles. The number of hydrogen-bond acceptors (Lipinski definition) is 1. The van der Waals surface area contributed by atoms with E-state index in [9.17, 15) is 0 Å². The van der Waals surface area contributed by atoms with E-state index in [0.717, 1.165) is 12.5 Å². The van der Waals surface area contributed by atoms with E-state index in [1.54, 1.807) is 0 Å². The zero-order valence-electron chi connectivity index (χ0n) is 13.5. The van der Waals surface area contributed by atoms with Crippen LogP contribution in [0.15, 0.2) is 18.2 Å². The van der Waals surface area contributed by atoms with Crippen molar-refractivity contribution in [3.8, 4) is 0 Å². The molecule has 1 aromatic rings. The van der Waals surface area contributed by atoms with Crippen LogP contribution in [0.4, 0.5) is 0 Å². The van der Waals surface area contributed by atoms with Crippen molar-refractivity contribution in [2.75, 3.05) is 6.54 Å². The summed E-state index contributed by atoms with van der Waals surface area (Å²) in [5.74, 6) is 0.957.